The van der Waals surface area contributed by atoms with E-state index in [9.17, 15) is 13.2 Å². The molecule has 0 aromatic carbocycles. The molecule has 0 aliphatic carbocycles. The molecule has 0 radical (unpaired) electrons. The van der Waals surface area contributed by atoms with E-state index in [0.29, 0.717) is 25.6 Å². The van der Waals surface area contributed by atoms with Gasteiger partial charge in [0.1, 0.15) is 0 Å². The highest BCUT2D eigenvalue weighted by Crippen LogP contribution is 2.24. The zero-order valence-corrected chi connectivity index (χ0v) is 12.5. The molecule has 2 fully saturated rings. The molecule has 2 aliphatic heterocycles. The minimum absolute atomic E-state index is 0.149. The summed E-state index contributed by atoms with van der Waals surface area (Å²) in [7, 11) is -3.58. The van der Waals surface area contributed by atoms with Gasteiger partial charge in [0.25, 0.3) is 10.2 Å². The van der Waals surface area contributed by atoms with Crippen LogP contribution in [0.25, 0.3) is 0 Å². The fourth-order valence-corrected chi connectivity index (χ4v) is 4.46. The zero-order valence-electron chi connectivity index (χ0n) is 11.7. The third-order valence-electron chi connectivity index (χ3n) is 3.95. The molecule has 2 heterocycles. The number of nitrogens with zero attached hydrogens (tertiary/aromatic N) is 2. The number of carboxylic acids is 1. The molecule has 0 bridgehead atoms. The van der Waals surface area contributed by atoms with Crippen molar-refractivity contribution in [2.45, 2.75) is 32.2 Å². The number of hydrogen-bond donors (Lipinski definition) is 1. The van der Waals surface area contributed by atoms with E-state index in [1.54, 1.807) is 0 Å². The molecular formula is C12H22N2O5S. The Balaban J connectivity index is 2.11. The van der Waals surface area contributed by atoms with Crippen molar-refractivity contribution in [3.63, 3.8) is 0 Å². The van der Waals surface area contributed by atoms with Gasteiger partial charge in [0.15, 0.2) is 0 Å². The standard InChI is InChI=1S/C12H22N2O5S/c1-10-2-4-13(5-3-10)20(17,18)14-6-7-19-9-11(14)8-12(15)16/h10-11H,2-9H2,1H3,(H,15,16). The lowest BCUT2D eigenvalue weighted by atomic mass is 10.0. The van der Waals surface area contributed by atoms with Gasteiger partial charge in [-0.05, 0) is 18.8 Å². The van der Waals surface area contributed by atoms with E-state index in [4.69, 9.17) is 9.84 Å². The molecule has 8 heteroatoms. The molecule has 0 amide bonds. The summed E-state index contributed by atoms with van der Waals surface area (Å²) in [5.41, 5.74) is 0. The first-order valence-electron chi connectivity index (χ1n) is 6.97. The molecule has 2 aliphatic rings. The van der Waals surface area contributed by atoms with Crippen LogP contribution in [0.15, 0.2) is 0 Å². The summed E-state index contributed by atoms with van der Waals surface area (Å²) in [6.07, 6.45) is 1.49. The molecule has 2 rings (SSSR count). The Labute approximate surface area is 119 Å². The van der Waals surface area contributed by atoms with E-state index < -0.39 is 22.2 Å². The fourth-order valence-electron chi connectivity index (χ4n) is 2.67. The van der Waals surface area contributed by atoms with Gasteiger partial charge in [-0.2, -0.15) is 17.0 Å². The van der Waals surface area contributed by atoms with Crippen LogP contribution in [0.2, 0.25) is 0 Å². The summed E-state index contributed by atoms with van der Waals surface area (Å²) < 4.78 is 33.3. The first kappa shape index (κ1) is 15.7. The molecule has 116 valence electrons. The van der Waals surface area contributed by atoms with E-state index in [0.717, 1.165) is 12.8 Å². The van der Waals surface area contributed by atoms with Gasteiger partial charge in [-0.25, -0.2) is 0 Å². The van der Waals surface area contributed by atoms with Gasteiger partial charge in [0, 0.05) is 19.6 Å². The van der Waals surface area contributed by atoms with Crippen LogP contribution in [0, 0.1) is 5.92 Å². The van der Waals surface area contributed by atoms with E-state index >= 15 is 0 Å². The van der Waals surface area contributed by atoms with Crippen LogP contribution in [-0.2, 0) is 19.7 Å². The van der Waals surface area contributed by atoms with Gasteiger partial charge in [0.05, 0.1) is 25.7 Å². The Hall–Kier alpha value is -0.700. The van der Waals surface area contributed by atoms with Gasteiger partial charge in [-0.3, -0.25) is 4.79 Å². The zero-order chi connectivity index (χ0) is 14.8. The summed E-state index contributed by atoms with van der Waals surface area (Å²) >= 11 is 0. The third kappa shape index (κ3) is 3.49. The van der Waals surface area contributed by atoms with Gasteiger partial charge in [-0.15, -0.1) is 0 Å². The Kier molecular flexibility index (Phi) is 5.00. The number of ether oxygens (including phenoxy) is 1. The van der Waals surface area contributed by atoms with Crippen molar-refractivity contribution in [1.29, 1.82) is 0 Å². The number of carboxylic acid groups (broad SMARTS) is 1. The normalized spacial score (nSPS) is 27.6. The molecular weight excluding hydrogens is 284 g/mol. The molecule has 1 atom stereocenters. The number of aliphatic carboxylic acids is 1. The number of rotatable bonds is 4. The molecule has 7 nitrogen and oxygen atoms in total. The second-order valence-electron chi connectivity index (χ2n) is 5.53. The van der Waals surface area contributed by atoms with Crippen molar-refractivity contribution in [3.8, 4) is 0 Å². The maximum Gasteiger partial charge on any atom is 0.305 e. The highest BCUT2D eigenvalue weighted by Gasteiger charge is 2.38. The summed E-state index contributed by atoms with van der Waals surface area (Å²) in [6.45, 7) is 3.84. The van der Waals surface area contributed by atoms with Gasteiger partial charge in [-0.1, -0.05) is 6.92 Å². The molecule has 1 N–H and O–H groups in total. The molecule has 0 spiro atoms. The summed E-state index contributed by atoms with van der Waals surface area (Å²) in [6, 6.07) is -0.606. The Morgan fingerprint density at radius 3 is 2.55 bits per heavy atom. The number of carbonyl (C=O) groups is 1. The summed E-state index contributed by atoms with van der Waals surface area (Å²) in [5.74, 6) is -0.464. The number of morpholine rings is 1. The monoisotopic (exact) mass is 306 g/mol. The fraction of sp³-hybridized carbons (Fsp3) is 0.917. The van der Waals surface area contributed by atoms with Crippen molar-refractivity contribution < 1.29 is 23.1 Å². The minimum atomic E-state index is -3.58. The first-order valence-corrected chi connectivity index (χ1v) is 8.37. The van der Waals surface area contributed by atoms with Crippen molar-refractivity contribution >= 4 is 16.2 Å². The van der Waals surface area contributed by atoms with Crippen molar-refractivity contribution in [2.24, 2.45) is 5.92 Å². The lowest BCUT2D eigenvalue weighted by Gasteiger charge is -2.39. The van der Waals surface area contributed by atoms with E-state index in [2.05, 4.69) is 6.92 Å². The average molecular weight is 306 g/mol. The van der Waals surface area contributed by atoms with Crippen molar-refractivity contribution in [3.05, 3.63) is 0 Å². The number of piperidine rings is 1. The largest absolute Gasteiger partial charge is 0.481 e. The van der Waals surface area contributed by atoms with Crippen LogP contribution in [0.5, 0.6) is 0 Å². The topological polar surface area (TPSA) is 87.2 Å². The van der Waals surface area contributed by atoms with Crippen molar-refractivity contribution in [2.75, 3.05) is 32.8 Å². The quantitative estimate of drug-likeness (QED) is 0.798. The third-order valence-corrected chi connectivity index (χ3v) is 6.04. The second-order valence-corrected chi connectivity index (χ2v) is 7.41. The van der Waals surface area contributed by atoms with Crippen molar-refractivity contribution in [1.82, 2.24) is 8.61 Å². The molecule has 1 unspecified atom stereocenters. The molecule has 0 saturated carbocycles. The maximum absolute atomic E-state index is 12.6. The minimum Gasteiger partial charge on any atom is -0.481 e. The highest BCUT2D eigenvalue weighted by molar-refractivity contribution is 7.86. The summed E-state index contributed by atoms with van der Waals surface area (Å²) in [4.78, 5) is 10.9. The van der Waals surface area contributed by atoms with E-state index in [1.165, 1.54) is 8.61 Å². The molecule has 2 saturated heterocycles. The van der Waals surface area contributed by atoms with Crippen LogP contribution >= 0.6 is 0 Å². The lowest BCUT2D eigenvalue weighted by molar-refractivity contribution is -0.139. The second kappa shape index (κ2) is 6.38. The molecule has 20 heavy (non-hydrogen) atoms. The Morgan fingerprint density at radius 1 is 1.30 bits per heavy atom. The lowest BCUT2D eigenvalue weighted by Crippen LogP contribution is -2.55. The highest BCUT2D eigenvalue weighted by atomic mass is 32.2. The van der Waals surface area contributed by atoms with Crippen LogP contribution in [0.3, 0.4) is 0 Å². The Morgan fingerprint density at radius 2 is 1.95 bits per heavy atom. The van der Waals surface area contributed by atoms with E-state index in [-0.39, 0.29) is 19.6 Å². The molecule has 0 aromatic rings. The SMILES string of the molecule is CC1CCN(S(=O)(=O)N2CCOCC2CC(=O)O)CC1. The predicted octanol–water partition coefficient (Wildman–Crippen LogP) is 0.139. The molecule has 0 aromatic heterocycles. The number of hydrogen-bond acceptors (Lipinski definition) is 4. The van der Waals surface area contributed by atoms with Gasteiger partial charge < -0.3 is 9.84 Å². The van der Waals surface area contributed by atoms with Gasteiger partial charge in [0.2, 0.25) is 0 Å². The summed E-state index contributed by atoms with van der Waals surface area (Å²) in [5, 5.41) is 8.90. The maximum atomic E-state index is 12.6. The smallest absolute Gasteiger partial charge is 0.305 e. The van der Waals surface area contributed by atoms with Crippen LogP contribution < -0.4 is 0 Å². The predicted molar refractivity (Wildman–Crippen MR) is 72.5 cm³/mol. The van der Waals surface area contributed by atoms with Crippen LogP contribution in [0.4, 0.5) is 0 Å². The van der Waals surface area contributed by atoms with Crippen LogP contribution in [-0.4, -0.2) is 67.0 Å². The Bertz CT molecular complexity index is 445. The first-order chi connectivity index (χ1) is 9.41. The van der Waals surface area contributed by atoms with E-state index in [1.807, 2.05) is 0 Å². The average Bonchev–Trinajstić information content (AvgIpc) is 2.39. The van der Waals surface area contributed by atoms with Gasteiger partial charge >= 0.3 is 5.97 Å². The van der Waals surface area contributed by atoms with Crippen LogP contribution in [0.1, 0.15) is 26.2 Å².